The first-order valence-electron chi connectivity index (χ1n) is 8.91. The van der Waals surface area contributed by atoms with Gasteiger partial charge in [0.15, 0.2) is 17.7 Å². The van der Waals surface area contributed by atoms with Crippen LogP contribution in [-0.2, 0) is 15.9 Å². The van der Waals surface area contributed by atoms with Crippen molar-refractivity contribution >= 4 is 22.7 Å². The van der Waals surface area contributed by atoms with Gasteiger partial charge in [-0.15, -0.1) is 0 Å². The van der Waals surface area contributed by atoms with E-state index in [0.717, 1.165) is 5.56 Å². The van der Waals surface area contributed by atoms with Crippen LogP contribution in [0.2, 0.25) is 0 Å². The number of imidazole rings is 1. The van der Waals surface area contributed by atoms with Crippen molar-refractivity contribution in [2.45, 2.75) is 31.0 Å². The minimum atomic E-state index is -1.15. The van der Waals surface area contributed by atoms with Gasteiger partial charge in [0.1, 0.15) is 30.2 Å². The lowest BCUT2D eigenvalue weighted by Gasteiger charge is -2.16. The van der Waals surface area contributed by atoms with Crippen molar-refractivity contribution in [3.05, 3.63) is 42.5 Å². The molecule has 4 atom stereocenters. The molecule has 0 amide bonds. The number of aliphatic hydroxyl groups excluding tert-OH is 2. The Hall–Kier alpha value is -2.79. The molecular formula is C18H22N6O4. The maximum atomic E-state index is 10.4. The quantitative estimate of drug-likeness (QED) is 0.335. The van der Waals surface area contributed by atoms with Crippen LogP contribution in [0.5, 0.6) is 0 Å². The van der Waals surface area contributed by atoms with Crippen LogP contribution in [0.15, 0.2) is 36.9 Å². The van der Waals surface area contributed by atoms with Gasteiger partial charge >= 0.3 is 0 Å². The first-order valence-corrected chi connectivity index (χ1v) is 8.91. The number of nitrogens with two attached hydrogens (primary N) is 2. The second kappa shape index (κ2) is 7.68. The highest BCUT2D eigenvalue weighted by molar-refractivity contribution is 5.81. The molecule has 148 valence electrons. The highest BCUT2D eigenvalue weighted by atomic mass is 16.6. The molecule has 3 aromatic rings. The Morgan fingerprint density at radius 2 is 1.86 bits per heavy atom. The molecule has 0 bridgehead atoms. The Morgan fingerprint density at radius 1 is 1.07 bits per heavy atom. The van der Waals surface area contributed by atoms with Crippen molar-refractivity contribution in [1.82, 2.24) is 19.5 Å². The van der Waals surface area contributed by atoms with E-state index in [0.29, 0.717) is 29.9 Å². The Bertz CT molecular complexity index is 947. The molecule has 0 radical (unpaired) electrons. The van der Waals surface area contributed by atoms with E-state index in [1.54, 1.807) is 0 Å². The van der Waals surface area contributed by atoms with E-state index in [1.165, 1.54) is 17.2 Å². The van der Waals surface area contributed by atoms with Crippen LogP contribution in [0.1, 0.15) is 11.8 Å². The molecule has 28 heavy (non-hydrogen) atoms. The van der Waals surface area contributed by atoms with Gasteiger partial charge in [0.25, 0.3) is 0 Å². The van der Waals surface area contributed by atoms with E-state index in [4.69, 9.17) is 20.9 Å². The molecule has 0 aliphatic carbocycles. The number of aromatic nitrogens is 4. The van der Waals surface area contributed by atoms with Crippen LogP contribution >= 0.6 is 0 Å². The number of ether oxygens (including phenoxy) is 2. The third-order valence-electron chi connectivity index (χ3n) is 4.80. The number of hydrogen-bond acceptors (Lipinski definition) is 9. The summed E-state index contributed by atoms with van der Waals surface area (Å²) < 4.78 is 13.0. The first-order chi connectivity index (χ1) is 13.5. The summed E-state index contributed by atoms with van der Waals surface area (Å²) in [6, 6.07) is 7.56. The van der Waals surface area contributed by atoms with E-state index in [1.807, 2.05) is 24.3 Å². The molecule has 4 rings (SSSR count). The van der Waals surface area contributed by atoms with Crippen LogP contribution in [0, 0.1) is 0 Å². The van der Waals surface area contributed by atoms with Gasteiger partial charge in [0.05, 0.1) is 19.5 Å². The number of aliphatic hydroxyl groups is 2. The molecule has 1 aromatic carbocycles. The normalized spacial score (nSPS) is 24.8. The summed E-state index contributed by atoms with van der Waals surface area (Å²) in [5.74, 6) is 0.235. The van der Waals surface area contributed by atoms with Crippen LogP contribution in [0.25, 0.3) is 11.2 Å². The van der Waals surface area contributed by atoms with E-state index in [9.17, 15) is 10.2 Å². The van der Waals surface area contributed by atoms with E-state index >= 15 is 0 Å². The minimum Gasteiger partial charge on any atom is -0.399 e. The summed E-state index contributed by atoms with van der Waals surface area (Å²) in [5.41, 5.74) is 14.1. The second-order valence-electron chi connectivity index (χ2n) is 6.70. The molecule has 0 saturated carbocycles. The van der Waals surface area contributed by atoms with Gasteiger partial charge in [-0.25, -0.2) is 15.0 Å². The molecule has 1 aliphatic rings. The molecule has 10 heteroatoms. The predicted molar refractivity (Wildman–Crippen MR) is 101 cm³/mol. The fraction of sp³-hybridized carbons (Fsp3) is 0.389. The van der Waals surface area contributed by atoms with Gasteiger partial charge in [0, 0.05) is 5.69 Å². The number of nitrogens with zero attached hydrogens (tertiary/aromatic N) is 4. The van der Waals surface area contributed by atoms with Crippen molar-refractivity contribution < 1.29 is 19.7 Å². The molecule has 1 saturated heterocycles. The number of hydrogen-bond donors (Lipinski definition) is 4. The molecule has 10 nitrogen and oxygen atoms in total. The number of nitrogen functional groups attached to an aromatic ring is 2. The van der Waals surface area contributed by atoms with Crippen LogP contribution in [0.3, 0.4) is 0 Å². The highest BCUT2D eigenvalue weighted by Gasteiger charge is 2.44. The van der Waals surface area contributed by atoms with E-state index < -0.39 is 24.5 Å². The van der Waals surface area contributed by atoms with Gasteiger partial charge in [-0.2, -0.15) is 0 Å². The largest absolute Gasteiger partial charge is 0.399 e. The SMILES string of the molecule is Nc1ccc(CCOC[C@H]2O[C@@H](n3cnc4c(N)ncnc43)[C@H](O)[C@@H]2O)cc1. The van der Waals surface area contributed by atoms with Crippen molar-refractivity contribution in [2.24, 2.45) is 0 Å². The smallest absolute Gasteiger partial charge is 0.167 e. The lowest BCUT2D eigenvalue weighted by molar-refractivity contribution is -0.0650. The zero-order chi connectivity index (χ0) is 19.7. The number of anilines is 2. The zero-order valence-corrected chi connectivity index (χ0v) is 15.0. The summed E-state index contributed by atoms with van der Waals surface area (Å²) in [7, 11) is 0. The van der Waals surface area contributed by atoms with Crippen LogP contribution in [-0.4, -0.2) is 61.3 Å². The average Bonchev–Trinajstić information content (AvgIpc) is 3.24. The summed E-state index contributed by atoms with van der Waals surface area (Å²) >= 11 is 0. The Morgan fingerprint density at radius 3 is 2.64 bits per heavy atom. The zero-order valence-electron chi connectivity index (χ0n) is 15.0. The maximum absolute atomic E-state index is 10.4. The standard InChI is InChI=1S/C18H22N6O4/c19-11-3-1-10(2-4-11)5-6-27-7-12-14(25)15(26)18(28-12)24-9-23-13-16(20)21-8-22-17(13)24/h1-4,8-9,12,14-15,18,25-26H,5-7,19H2,(H2,20,21,22)/t12-,14-,15-,18-/m1/s1. The van der Waals surface area contributed by atoms with Crippen LogP contribution in [0.4, 0.5) is 11.5 Å². The third kappa shape index (κ3) is 3.50. The maximum Gasteiger partial charge on any atom is 0.167 e. The fourth-order valence-corrected chi connectivity index (χ4v) is 3.23. The van der Waals surface area contributed by atoms with E-state index in [2.05, 4.69) is 15.0 Å². The molecular weight excluding hydrogens is 364 g/mol. The third-order valence-corrected chi connectivity index (χ3v) is 4.80. The molecule has 0 unspecified atom stereocenters. The first kappa shape index (κ1) is 18.6. The summed E-state index contributed by atoms with van der Waals surface area (Å²) in [6.45, 7) is 0.600. The van der Waals surface area contributed by atoms with E-state index in [-0.39, 0.29) is 12.4 Å². The van der Waals surface area contributed by atoms with Gasteiger partial charge < -0.3 is 31.2 Å². The molecule has 1 fully saturated rings. The molecule has 3 heterocycles. The van der Waals surface area contributed by atoms with Crippen molar-refractivity contribution in [3.63, 3.8) is 0 Å². The van der Waals surface area contributed by atoms with Gasteiger partial charge in [-0.3, -0.25) is 4.57 Å². The highest BCUT2D eigenvalue weighted by Crippen LogP contribution is 2.32. The lowest BCUT2D eigenvalue weighted by atomic mass is 10.1. The van der Waals surface area contributed by atoms with Gasteiger partial charge in [-0.1, -0.05) is 12.1 Å². The van der Waals surface area contributed by atoms with Crippen LogP contribution < -0.4 is 11.5 Å². The monoisotopic (exact) mass is 386 g/mol. The Labute approximate surface area is 160 Å². The summed E-state index contributed by atoms with van der Waals surface area (Å²) in [5, 5.41) is 20.8. The number of benzene rings is 1. The van der Waals surface area contributed by atoms with Gasteiger partial charge in [-0.05, 0) is 24.1 Å². The van der Waals surface area contributed by atoms with Crippen molar-refractivity contribution in [1.29, 1.82) is 0 Å². The molecule has 1 aliphatic heterocycles. The molecule has 2 aromatic heterocycles. The van der Waals surface area contributed by atoms with Crippen molar-refractivity contribution in [2.75, 3.05) is 24.7 Å². The average molecular weight is 386 g/mol. The van der Waals surface area contributed by atoms with Crippen molar-refractivity contribution in [3.8, 4) is 0 Å². The molecule has 0 spiro atoms. The lowest BCUT2D eigenvalue weighted by Crippen LogP contribution is -2.34. The fourth-order valence-electron chi connectivity index (χ4n) is 3.23. The Kier molecular flexibility index (Phi) is 5.09. The van der Waals surface area contributed by atoms with Gasteiger partial charge in [0.2, 0.25) is 0 Å². The predicted octanol–water partition coefficient (Wildman–Crippen LogP) is -0.131. The summed E-state index contributed by atoms with van der Waals surface area (Å²) in [4.78, 5) is 12.2. The molecule has 6 N–H and O–H groups in total. The Balaban J connectivity index is 1.37. The number of rotatable bonds is 6. The topological polar surface area (TPSA) is 155 Å². The number of fused-ring (bicyclic) bond motifs is 1. The summed E-state index contributed by atoms with van der Waals surface area (Å²) in [6.07, 6.45) is -0.302. The minimum absolute atomic E-state index is 0.146. The second-order valence-corrected chi connectivity index (χ2v) is 6.70.